The quantitative estimate of drug-likeness (QED) is 0.588. The average Bonchev–Trinajstić information content (AvgIpc) is 3.19. The topological polar surface area (TPSA) is 59.4 Å². The minimum Gasteiger partial charge on any atom is -0.461 e. The number of carbonyl (C=O) groups excluding carboxylic acids is 1. The molecule has 0 saturated carbocycles. The van der Waals surface area contributed by atoms with Gasteiger partial charge in [-0.05, 0) is 19.1 Å². The van der Waals surface area contributed by atoms with Gasteiger partial charge in [-0.3, -0.25) is 0 Å². The van der Waals surface area contributed by atoms with Crippen molar-refractivity contribution < 1.29 is 9.53 Å². The van der Waals surface area contributed by atoms with Gasteiger partial charge in [-0.1, -0.05) is 30.3 Å². The highest BCUT2D eigenvalue weighted by Gasteiger charge is 2.14. The lowest BCUT2D eigenvalue weighted by molar-refractivity contribution is 0.0520. The summed E-state index contributed by atoms with van der Waals surface area (Å²) in [4.78, 5) is 19.7. The molecule has 0 atom stereocenters. The monoisotopic (exact) mass is 305 g/mol. The van der Waals surface area contributed by atoms with Crippen LogP contribution in [0.4, 0.5) is 0 Å². The average molecular weight is 305 g/mol. The summed E-state index contributed by atoms with van der Waals surface area (Å²) in [6.07, 6.45) is 3.92. The molecule has 5 nitrogen and oxygen atoms in total. The number of hydrogen-bond acceptors (Lipinski definition) is 3. The molecule has 3 heterocycles. The van der Waals surface area contributed by atoms with Crippen molar-refractivity contribution in [2.75, 3.05) is 6.61 Å². The van der Waals surface area contributed by atoms with Crippen LogP contribution in [0.3, 0.4) is 0 Å². The van der Waals surface area contributed by atoms with Gasteiger partial charge in [0, 0.05) is 23.3 Å². The molecule has 3 aromatic heterocycles. The molecule has 1 aromatic carbocycles. The highest BCUT2D eigenvalue weighted by Crippen LogP contribution is 2.25. The van der Waals surface area contributed by atoms with Crippen LogP contribution in [0.1, 0.15) is 17.4 Å². The summed E-state index contributed by atoms with van der Waals surface area (Å²) in [5.74, 6) is -0.350. The summed E-state index contributed by atoms with van der Waals surface area (Å²) < 4.78 is 7.01. The molecule has 0 saturated heterocycles. The highest BCUT2D eigenvalue weighted by atomic mass is 16.5. The number of H-pyrrole nitrogens is 1. The lowest BCUT2D eigenvalue weighted by Crippen LogP contribution is -2.04. The van der Waals surface area contributed by atoms with Gasteiger partial charge in [0.05, 0.1) is 17.8 Å². The van der Waals surface area contributed by atoms with Crippen LogP contribution in [0.25, 0.3) is 27.8 Å². The van der Waals surface area contributed by atoms with E-state index >= 15 is 0 Å². The Hall–Kier alpha value is -3.08. The molecule has 0 amide bonds. The van der Waals surface area contributed by atoms with Crippen molar-refractivity contribution in [1.82, 2.24) is 14.4 Å². The number of carbonyl (C=O) groups is 1. The minimum absolute atomic E-state index is 0.350. The number of hydrogen-bond donors (Lipinski definition) is 1. The normalized spacial score (nSPS) is 11.2. The first-order chi connectivity index (χ1) is 11.3. The molecule has 0 radical (unpaired) electrons. The van der Waals surface area contributed by atoms with E-state index in [2.05, 4.69) is 4.98 Å². The number of aromatic amines is 1. The van der Waals surface area contributed by atoms with Crippen molar-refractivity contribution in [2.45, 2.75) is 6.92 Å². The number of fused-ring (bicyclic) bond motifs is 3. The molecular weight excluding hydrogens is 290 g/mol. The lowest BCUT2D eigenvalue weighted by atomic mass is 10.2. The Balaban J connectivity index is 1.88. The van der Waals surface area contributed by atoms with E-state index in [1.54, 1.807) is 13.0 Å². The van der Waals surface area contributed by atoms with Crippen molar-refractivity contribution in [3.63, 3.8) is 0 Å². The number of esters is 1. The first kappa shape index (κ1) is 13.6. The molecule has 5 heteroatoms. The van der Waals surface area contributed by atoms with Crippen molar-refractivity contribution in [2.24, 2.45) is 0 Å². The molecule has 4 rings (SSSR count). The van der Waals surface area contributed by atoms with Crippen LogP contribution in [0.2, 0.25) is 0 Å². The number of pyridine rings is 1. The van der Waals surface area contributed by atoms with Crippen molar-refractivity contribution in [1.29, 1.82) is 0 Å². The van der Waals surface area contributed by atoms with Gasteiger partial charge in [0.2, 0.25) is 0 Å². The van der Waals surface area contributed by atoms with E-state index in [9.17, 15) is 4.79 Å². The van der Waals surface area contributed by atoms with Gasteiger partial charge in [-0.25, -0.2) is 9.78 Å². The van der Waals surface area contributed by atoms with Gasteiger partial charge in [0.15, 0.2) is 0 Å². The van der Waals surface area contributed by atoms with E-state index in [0.717, 1.165) is 27.8 Å². The van der Waals surface area contributed by atoms with E-state index < -0.39 is 0 Å². The van der Waals surface area contributed by atoms with Gasteiger partial charge in [0.25, 0.3) is 0 Å². The van der Waals surface area contributed by atoms with E-state index in [1.807, 2.05) is 53.2 Å². The Labute approximate surface area is 132 Å². The molecule has 1 N–H and O–H groups in total. The minimum atomic E-state index is -0.350. The Morgan fingerprint density at radius 3 is 2.87 bits per heavy atom. The maximum absolute atomic E-state index is 11.9. The number of rotatable bonds is 3. The Bertz CT molecular complexity index is 999. The fraction of sp³-hybridized carbons (Fsp3) is 0.111. The number of nitrogens with zero attached hydrogens (tertiary/aromatic N) is 2. The maximum Gasteiger partial charge on any atom is 0.354 e. The zero-order valence-electron chi connectivity index (χ0n) is 12.6. The summed E-state index contributed by atoms with van der Waals surface area (Å²) in [7, 11) is 0. The molecule has 0 fully saturated rings. The van der Waals surface area contributed by atoms with Gasteiger partial charge in [0.1, 0.15) is 11.3 Å². The van der Waals surface area contributed by atoms with Crippen LogP contribution in [0.15, 0.2) is 54.9 Å². The van der Waals surface area contributed by atoms with Crippen LogP contribution in [0, 0.1) is 0 Å². The van der Waals surface area contributed by atoms with Gasteiger partial charge in [-0.15, -0.1) is 0 Å². The lowest BCUT2D eigenvalue weighted by Gasteiger charge is -1.96. The molecule has 23 heavy (non-hydrogen) atoms. The van der Waals surface area contributed by atoms with Crippen molar-refractivity contribution >= 4 is 22.5 Å². The second-order valence-electron chi connectivity index (χ2n) is 5.27. The fourth-order valence-electron chi connectivity index (χ4n) is 2.72. The molecule has 0 unspecified atom stereocenters. The summed E-state index contributed by atoms with van der Waals surface area (Å²) in [5.41, 5.74) is 4.08. The van der Waals surface area contributed by atoms with Crippen LogP contribution in [-0.2, 0) is 4.74 Å². The third-order valence-electron chi connectivity index (χ3n) is 3.79. The molecule has 0 spiro atoms. The Morgan fingerprint density at radius 1 is 1.26 bits per heavy atom. The molecule has 0 aliphatic heterocycles. The largest absolute Gasteiger partial charge is 0.461 e. The number of nitrogens with one attached hydrogen (secondary N) is 1. The van der Waals surface area contributed by atoms with Gasteiger partial charge >= 0.3 is 5.97 Å². The van der Waals surface area contributed by atoms with Crippen LogP contribution in [-0.4, -0.2) is 26.9 Å². The fourth-order valence-corrected chi connectivity index (χ4v) is 2.72. The summed E-state index contributed by atoms with van der Waals surface area (Å²) in [6, 6.07) is 13.7. The van der Waals surface area contributed by atoms with Crippen LogP contribution < -0.4 is 0 Å². The predicted octanol–water partition coefficient (Wildman–Crippen LogP) is 3.66. The third kappa shape index (κ3) is 2.26. The Morgan fingerprint density at radius 2 is 2.09 bits per heavy atom. The Kier molecular flexibility index (Phi) is 3.12. The summed E-state index contributed by atoms with van der Waals surface area (Å²) in [6.45, 7) is 2.14. The van der Waals surface area contributed by atoms with Gasteiger partial charge < -0.3 is 14.1 Å². The third-order valence-corrected chi connectivity index (χ3v) is 3.79. The standard InChI is InChI=1S/C18H15N3O2/c1-2-23-18(22)15-10-13-14(19-15)8-9-21-11-16(20-17(13)21)12-6-4-3-5-7-12/h3-11,19H,2H2,1H3. The summed E-state index contributed by atoms with van der Waals surface area (Å²) >= 11 is 0. The second-order valence-corrected chi connectivity index (χ2v) is 5.27. The second kappa shape index (κ2) is 5.28. The van der Waals surface area contributed by atoms with E-state index in [1.165, 1.54) is 0 Å². The SMILES string of the molecule is CCOC(=O)c1cc2c(ccn3cc(-c4ccccc4)nc23)[nH]1. The summed E-state index contributed by atoms with van der Waals surface area (Å²) in [5, 5.41) is 0.901. The number of ether oxygens (including phenoxy) is 1. The molecule has 0 bridgehead atoms. The smallest absolute Gasteiger partial charge is 0.354 e. The van der Waals surface area contributed by atoms with E-state index in [-0.39, 0.29) is 5.97 Å². The zero-order valence-corrected chi connectivity index (χ0v) is 12.6. The van der Waals surface area contributed by atoms with Gasteiger partial charge in [-0.2, -0.15) is 0 Å². The highest BCUT2D eigenvalue weighted by molar-refractivity contribution is 6.00. The molecular formula is C18H15N3O2. The molecule has 4 aromatic rings. The van der Waals surface area contributed by atoms with Crippen molar-refractivity contribution in [3.8, 4) is 11.3 Å². The number of benzene rings is 1. The zero-order chi connectivity index (χ0) is 15.8. The molecule has 0 aliphatic rings. The number of aromatic nitrogens is 3. The van der Waals surface area contributed by atoms with E-state index in [4.69, 9.17) is 9.72 Å². The van der Waals surface area contributed by atoms with Crippen LogP contribution in [0.5, 0.6) is 0 Å². The van der Waals surface area contributed by atoms with Crippen LogP contribution >= 0.6 is 0 Å². The van der Waals surface area contributed by atoms with Crippen molar-refractivity contribution in [3.05, 3.63) is 60.6 Å². The first-order valence-electron chi connectivity index (χ1n) is 7.49. The predicted molar refractivity (Wildman–Crippen MR) is 88.4 cm³/mol. The van der Waals surface area contributed by atoms with E-state index in [0.29, 0.717) is 12.3 Å². The number of imidazole rings is 1. The maximum atomic E-state index is 11.9. The first-order valence-corrected chi connectivity index (χ1v) is 7.49. The molecule has 0 aliphatic carbocycles. The molecule has 114 valence electrons.